The first-order valence-corrected chi connectivity index (χ1v) is 8.25. The highest BCUT2D eigenvalue weighted by atomic mass is 32.2. The third-order valence-corrected chi connectivity index (χ3v) is 5.45. The van der Waals surface area contributed by atoms with E-state index in [1.165, 1.54) is 0 Å². The van der Waals surface area contributed by atoms with Crippen LogP contribution in [0.15, 0.2) is 24.3 Å². The zero-order valence-electron chi connectivity index (χ0n) is 12.5. The summed E-state index contributed by atoms with van der Waals surface area (Å²) in [6.07, 6.45) is 5.06. The predicted molar refractivity (Wildman–Crippen MR) is 86.4 cm³/mol. The second kappa shape index (κ2) is 7.59. The van der Waals surface area contributed by atoms with Gasteiger partial charge in [0.1, 0.15) is 0 Å². The normalized spacial score (nSPS) is 11.4. The van der Waals surface area contributed by atoms with Crippen LogP contribution in [0.3, 0.4) is 0 Å². The van der Waals surface area contributed by atoms with Gasteiger partial charge in [0.25, 0.3) is 0 Å². The highest BCUT2D eigenvalue weighted by molar-refractivity contribution is 8.00. The first-order valence-electron chi connectivity index (χ1n) is 7.03. The quantitative estimate of drug-likeness (QED) is 0.704. The highest BCUT2D eigenvalue weighted by Crippen LogP contribution is 2.30. The molecule has 1 N–H and O–H groups in total. The molecule has 1 aromatic rings. The van der Waals surface area contributed by atoms with Crippen molar-refractivity contribution in [2.75, 3.05) is 18.1 Å². The fourth-order valence-corrected chi connectivity index (χ4v) is 2.90. The smallest absolute Gasteiger partial charge is 0.162 e. The summed E-state index contributed by atoms with van der Waals surface area (Å²) in [4.78, 5) is 11.6. The lowest BCUT2D eigenvalue weighted by Gasteiger charge is -2.30. The van der Waals surface area contributed by atoms with Crippen LogP contribution >= 0.6 is 11.8 Å². The van der Waals surface area contributed by atoms with Gasteiger partial charge in [-0.1, -0.05) is 20.8 Å². The number of nitrogens with one attached hydrogen (secondary N) is 1. The van der Waals surface area contributed by atoms with Crippen molar-refractivity contribution in [2.24, 2.45) is 0 Å². The van der Waals surface area contributed by atoms with Crippen molar-refractivity contribution in [3.63, 3.8) is 0 Å². The molecule has 106 valence electrons. The van der Waals surface area contributed by atoms with E-state index in [4.69, 9.17) is 0 Å². The fourth-order valence-electron chi connectivity index (χ4n) is 2.10. The molecule has 2 nitrogen and oxygen atoms in total. The third-order valence-electron chi connectivity index (χ3n) is 3.86. The molecule has 19 heavy (non-hydrogen) atoms. The standard InChI is InChI=1S/C16H25NOS/c1-5-15(18)13-8-10-14(11-9-13)17-12-16(6-2,7-3)19-4/h8-11,17H,5-7,12H2,1-4H3. The van der Waals surface area contributed by atoms with Gasteiger partial charge in [0.05, 0.1) is 0 Å². The van der Waals surface area contributed by atoms with Crippen molar-refractivity contribution in [1.82, 2.24) is 0 Å². The molecule has 0 aromatic heterocycles. The second-order valence-corrected chi connectivity index (χ2v) is 6.08. The molecule has 0 aliphatic heterocycles. The second-order valence-electron chi connectivity index (χ2n) is 4.80. The average Bonchev–Trinajstić information content (AvgIpc) is 2.49. The maximum Gasteiger partial charge on any atom is 0.162 e. The molecule has 1 aromatic carbocycles. The summed E-state index contributed by atoms with van der Waals surface area (Å²) in [6.45, 7) is 7.33. The molecule has 0 bridgehead atoms. The topological polar surface area (TPSA) is 29.1 Å². The molecule has 0 saturated heterocycles. The van der Waals surface area contributed by atoms with Crippen LogP contribution < -0.4 is 5.32 Å². The van der Waals surface area contributed by atoms with Crippen molar-refractivity contribution >= 4 is 23.2 Å². The molecule has 0 atom stereocenters. The van der Waals surface area contributed by atoms with Crippen LogP contribution in [-0.4, -0.2) is 23.3 Å². The first kappa shape index (κ1) is 16.1. The summed E-state index contributed by atoms with van der Waals surface area (Å²) >= 11 is 1.93. The Morgan fingerprint density at radius 1 is 1.16 bits per heavy atom. The monoisotopic (exact) mass is 279 g/mol. The Kier molecular flexibility index (Phi) is 6.43. The number of rotatable bonds is 8. The van der Waals surface area contributed by atoms with Crippen molar-refractivity contribution in [3.05, 3.63) is 29.8 Å². The Morgan fingerprint density at radius 3 is 2.16 bits per heavy atom. The Bertz CT molecular complexity index is 387. The van der Waals surface area contributed by atoms with E-state index in [2.05, 4.69) is 25.4 Å². The van der Waals surface area contributed by atoms with Gasteiger partial charge in [-0.3, -0.25) is 4.79 Å². The molecule has 3 heteroatoms. The molecule has 0 aliphatic carbocycles. The van der Waals surface area contributed by atoms with Crippen LogP contribution in [0.25, 0.3) is 0 Å². The van der Waals surface area contributed by atoms with E-state index in [0.29, 0.717) is 11.2 Å². The van der Waals surface area contributed by atoms with Crippen molar-refractivity contribution < 1.29 is 4.79 Å². The minimum absolute atomic E-state index is 0.201. The number of carbonyl (C=O) groups is 1. The van der Waals surface area contributed by atoms with Gasteiger partial charge in [-0.15, -0.1) is 0 Å². The summed E-state index contributed by atoms with van der Waals surface area (Å²) in [6, 6.07) is 7.82. The van der Waals surface area contributed by atoms with Crippen LogP contribution in [0.1, 0.15) is 50.4 Å². The molecule has 0 fully saturated rings. The van der Waals surface area contributed by atoms with Crippen LogP contribution in [-0.2, 0) is 0 Å². The Morgan fingerprint density at radius 2 is 1.74 bits per heavy atom. The van der Waals surface area contributed by atoms with Crippen LogP contribution in [0.4, 0.5) is 5.69 Å². The number of thioether (sulfide) groups is 1. The van der Waals surface area contributed by atoms with Gasteiger partial charge in [-0.2, -0.15) is 11.8 Å². The lowest BCUT2D eigenvalue weighted by Crippen LogP contribution is -2.31. The van der Waals surface area contributed by atoms with Crippen molar-refractivity contribution in [2.45, 2.75) is 44.8 Å². The maximum absolute atomic E-state index is 11.6. The average molecular weight is 279 g/mol. The van der Waals surface area contributed by atoms with Gasteiger partial charge in [0, 0.05) is 29.0 Å². The highest BCUT2D eigenvalue weighted by Gasteiger charge is 2.24. The Labute approximate surface area is 121 Å². The van der Waals surface area contributed by atoms with E-state index < -0.39 is 0 Å². The molecular weight excluding hydrogens is 254 g/mol. The van der Waals surface area contributed by atoms with Crippen LogP contribution in [0.2, 0.25) is 0 Å². The Balaban J connectivity index is 2.66. The van der Waals surface area contributed by atoms with E-state index in [9.17, 15) is 4.79 Å². The molecule has 0 unspecified atom stereocenters. The number of Topliss-reactive ketones (excluding diaryl/α,β-unsaturated/α-hetero) is 1. The SMILES string of the molecule is CCC(=O)c1ccc(NCC(CC)(CC)SC)cc1. The summed E-state index contributed by atoms with van der Waals surface area (Å²) in [5, 5.41) is 3.49. The van der Waals surface area contributed by atoms with Gasteiger partial charge < -0.3 is 5.32 Å². The van der Waals surface area contributed by atoms with Crippen LogP contribution in [0, 0.1) is 0 Å². The van der Waals surface area contributed by atoms with E-state index in [1.54, 1.807) is 0 Å². The molecule has 0 radical (unpaired) electrons. The molecule has 0 aliphatic rings. The molecule has 0 saturated carbocycles. The van der Waals surface area contributed by atoms with E-state index in [0.717, 1.165) is 30.6 Å². The van der Waals surface area contributed by atoms with Gasteiger partial charge in [-0.05, 0) is 43.4 Å². The number of ketones is 1. The predicted octanol–water partition coefficient (Wildman–Crippen LogP) is 4.61. The summed E-state index contributed by atoms with van der Waals surface area (Å²) in [5.41, 5.74) is 1.89. The largest absolute Gasteiger partial charge is 0.384 e. The lowest BCUT2D eigenvalue weighted by atomic mass is 10.0. The molecule has 0 heterocycles. The van der Waals surface area contributed by atoms with Gasteiger partial charge in [-0.25, -0.2) is 0 Å². The maximum atomic E-state index is 11.6. The zero-order valence-corrected chi connectivity index (χ0v) is 13.3. The minimum atomic E-state index is 0.201. The van der Waals surface area contributed by atoms with Crippen molar-refractivity contribution in [1.29, 1.82) is 0 Å². The number of hydrogen-bond acceptors (Lipinski definition) is 3. The Hall–Kier alpha value is -0.960. The van der Waals surface area contributed by atoms with Gasteiger partial charge >= 0.3 is 0 Å². The van der Waals surface area contributed by atoms with Gasteiger partial charge in [0.2, 0.25) is 0 Å². The molecule has 0 spiro atoms. The van der Waals surface area contributed by atoms with Crippen LogP contribution in [0.5, 0.6) is 0 Å². The molecular formula is C16H25NOS. The molecule has 0 amide bonds. The van der Waals surface area contributed by atoms with E-state index in [1.807, 2.05) is 43.0 Å². The number of anilines is 1. The third kappa shape index (κ3) is 4.27. The lowest BCUT2D eigenvalue weighted by molar-refractivity contribution is 0.0988. The van der Waals surface area contributed by atoms with Gasteiger partial charge in [0.15, 0.2) is 5.78 Å². The number of carbonyl (C=O) groups excluding carboxylic acids is 1. The number of benzene rings is 1. The summed E-state index contributed by atoms with van der Waals surface area (Å²) in [5.74, 6) is 0.201. The van der Waals surface area contributed by atoms with E-state index in [-0.39, 0.29) is 5.78 Å². The summed E-state index contributed by atoms with van der Waals surface area (Å²) in [7, 11) is 0. The minimum Gasteiger partial charge on any atom is -0.384 e. The molecule has 1 rings (SSSR count). The zero-order chi connectivity index (χ0) is 14.3. The number of hydrogen-bond donors (Lipinski definition) is 1. The fraction of sp³-hybridized carbons (Fsp3) is 0.562. The summed E-state index contributed by atoms with van der Waals surface area (Å²) < 4.78 is 0.303. The van der Waals surface area contributed by atoms with E-state index >= 15 is 0 Å². The van der Waals surface area contributed by atoms with Crippen molar-refractivity contribution in [3.8, 4) is 0 Å². The first-order chi connectivity index (χ1) is 9.10.